The van der Waals surface area contributed by atoms with Gasteiger partial charge in [-0.3, -0.25) is 9.59 Å². The number of nitrogens with zero attached hydrogens (tertiary/aromatic N) is 1. The molecule has 0 aliphatic rings. The third-order valence-corrected chi connectivity index (χ3v) is 2.03. The summed E-state index contributed by atoms with van der Waals surface area (Å²) in [5, 5.41) is 0. The molecule has 82 valence electrons. The summed E-state index contributed by atoms with van der Waals surface area (Å²) in [6.45, 7) is 0.638. The van der Waals surface area contributed by atoms with Gasteiger partial charge in [0.25, 0.3) is 0 Å². The standard InChI is InChI=1S/C10H14N2O3/c1-15-10(14)3-2-5-12-6-4-9(13)8(11)7-12/h4,6-7H,2-3,5,11H2,1H3. The monoisotopic (exact) mass is 210 g/mol. The Morgan fingerprint density at radius 2 is 2.33 bits per heavy atom. The minimum absolute atomic E-state index is 0.181. The Balaban J connectivity index is 2.48. The first kappa shape index (κ1) is 11.3. The maximum atomic E-state index is 11.0. The van der Waals surface area contributed by atoms with E-state index in [-0.39, 0.29) is 17.1 Å². The Labute approximate surface area is 87.5 Å². The summed E-state index contributed by atoms with van der Waals surface area (Å²) in [7, 11) is 1.36. The van der Waals surface area contributed by atoms with Gasteiger partial charge in [0.2, 0.25) is 5.43 Å². The first-order valence-electron chi connectivity index (χ1n) is 4.66. The van der Waals surface area contributed by atoms with Crippen LogP contribution >= 0.6 is 0 Å². The highest BCUT2D eigenvalue weighted by atomic mass is 16.5. The van der Waals surface area contributed by atoms with Gasteiger partial charge in [0, 0.05) is 31.4 Å². The number of rotatable bonds is 4. The lowest BCUT2D eigenvalue weighted by atomic mass is 10.3. The van der Waals surface area contributed by atoms with Gasteiger partial charge in [-0.2, -0.15) is 0 Å². The molecule has 0 radical (unpaired) electrons. The van der Waals surface area contributed by atoms with Crippen LogP contribution in [0, 0.1) is 0 Å². The normalized spacial score (nSPS) is 9.93. The number of carbonyl (C=O) groups is 1. The molecule has 0 amide bonds. The second kappa shape index (κ2) is 5.19. The molecule has 2 N–H and O–H groups in total. The fourth-order valence-corrected chi connectivity index (χ4v) is 1.19. The molecule has 0 aliphatic carbocycles. The van der Waals surface area contributed by atoms with Crippen molar-refractivity contribution >= 4 is 11.7 Å². The van der Waals surface area contributed by atoms with Crippen molar-refractivity contribution in [2.45, 2.75) is 19.4 Å². The summed E-state index contributed by atoms with van der Waals surface area (Å²) in [6, 6.07) is 1.41. The number of aromatic nitrogens is 1. The summed E-state index contributed by atoms with van der Waals surface area (Å²) < 4.78 is 6.29. The number of nitrogens with two attached hydrogens (primary N) is 1. The van der Waals surface area contributed by atoms with Crippen LogP contribution in [-0.2, 0) is 16.1 Å². The molecule has 0 atom stereocenters. The average Bonchev–Trinajstić information content (AvgIpc) is 2.23. The van der Waals surface area contributed by atoms with E-state index in [1.54, 1.807) is 17.0 Å². The van der Waals surface area contributed by atoms with Crippen LogP contribution in [0.15, 0.2) is 23.3 Å². The third-order valence-electron chi connectivity index (χ3n) is 2.03. The second-order valence-corrected chi connectivity index (χ2v) is 3.18. The van der Waals surface area contributed by atoms with E-state index < -0.39 is 0 Å². The zero-order valence-electron chi connectivity index (χ0n) is 8.60. The smallest absolute Gasteiger partial charge is 0.305 e. The summed E-state index contributed by atoms with van der Waals surface area (Å²) in [5.41, 5.74) is 5.49. The number of hydrogen-bond donors (Lipinski definition) is 1. The SMILES string of the molecule is COC(=O)CCCn1ccc(=O)c(N)c1. The quantitative estimate of drug-likeness (QED) is 0.729. The molecule has 0 bridgehead atoms. The average molecular weight is 210 g/mol. The summed E-state index contributed by atoms with van der Waals surface area (Å²) in [5.74, 6) is -0.232. The molecule has 5 heteroatoms. The van der Waals surface area contributed by atoms with E-state index in [4.69, 9.17) is 5.73 Å². The fraction of sp³-hybridized carbons (Fsp3) is 0.400. The van der Waals surface area contributed by atoms with E-state index >= 15 is 0 Å². The van der Waals surface area contributed by atoms with E-state index in [9.17, 15) is 9.59 Å². The minimum atomic E-state index is -0.232. The van der Waals surface area contributed by atoms with Crippen molar-refractivity contribution in [1.82, 2.24) is 4.57 Å². The van der Waals surface area contributed by atoms with Crippen molar-refractivity contribution in [2.24, 2.45) is 0 Å². The van der Waals surface area contributed by atoms with Crippen LogP contribution in [0.1, 0.15) is 12.8 Å². The molecule has 0 fully saturated rings. The zero-order chi connectivity index (χ0) is 11.3. The molecule has 15 heavy (non-hydrogen) atoms. The van der Waals surface area contributed by atoms with E-state index in [0.717, 1.165) is 0 Å². The molecule has 1 aromatic heterocycles. The Bertz CT molecular complexity index is 398. The summed E-state index contributed by atoms with van der Waals surface area (Å²) in [6.07, 6.45) is 4.24. The van der Waals surface area contributed by atoms with Crippen LogP contribution in [0.4, 0.5) is 5.69 Å². The van der Waals surface area contributed by atoms with Crippen molar-refractivity contribution in [3.8, 4) is 0 Å². The van der Waals surface area contributed by atoms with Gasteiger partial charge in [0.15, 0.2) is 0 Å². The Hall–Kier alpha value is -1.78. The lowest BCUT2D eigenvalue weighted by Crippen LogP contribution is -2.11. The predicted octanol–water partition coefficient (Wildman–Crippen LogP) is 0.384. The Kier molecular flexibility index (Phi) is 3.91. The van der Waals surface area contributed by atoms with E-state index in [0.29, 0.717) is 19.4 Å². The molecular formula is C10H14N2O3. The Morgan fingerprint density at radius 3 is 2.93 bits per heavy atom. The van der Waals surface area contributed by atoms with Gasteiger partial charge in [-0.15, -0.1) is 0 Å². The predicted molar refractivity (Wildman–Crippen MR) is 56.4 cm³/mol. The number of ether oxygens (including phenoxy) is 1. The van der Waals surface area contributed by atoms with Crippen molar-refractivity contribution in [3.05, 3.63) is 28.7 Å². The van der Waals surface area contributed by atoms with E-state index in [1.807, 2.05) is 0 Å². The summed E-state index contributed by atoms with van der Waals surface area (Å²) in [4.78, 5) is 21.8. The minimum Gasteiger partial charge on any atom is -0.469 e. The number of nitrogen functional groups attached to an aromatic ring is 1. The van der Waals surface area contributed by atoms with Gasteiger partial charge in [-0.25, -0.2) is 0 Å². The molecule has 1 aromatic rings. The highest BCUT2D eigenvalue weighted by Gasteiger charge is 2.00. The maximum absolute atomic E-state index is 11.0. The molecule has 0 saturated heterocycles. The highest BCUT2D eigenvalue weighted by molar-refractivity contribution is 5.68. The molecule has 1 rings (SSSR count). The number of hydrogen-bond acceptors (Lipinski definition) is 4. The van der Waals surface area contributed by atoms with Crippen LogP contribution in [0.25, 0.3) is 0 Å². The van der Waals surface area contributed by atoms with Crippen LogP contribution in [0.3, 0.4) is 0 Å². The van der Waals surface area contributed by atoms with Crippen LogP contribution in [0.2, 0.25) is 0 Å². The van der Waals surface area contributed by atoms with Crippen LogP contribution in [-0.4, -0.2) is 17.6 Å². The first-order chi connectivity index (χ1) is 7.13. The van der Waals surface area contributed by atoms with Crippen LogP contribution < -0.4 is 11.2 Å². The maximum Gasteiger partial charge on any atom is 0.305 e. The lowest BCUT2D eigenvalue weighted by molar-refractivity contribution is -0.140. The molecular weight excluding hydrogens is 196 g/mol. The fourth-order valence-electron chi connectivity index (χ4n) is 1.19. The second-order valence-electron chi connectivity index (χ2n) is 3.18. The van der Waals surface area contributed by atoms with Gasteiger partial charge >= 0.3 is 5.97 Å². The van der Waals surface area contributed by atoms with Crippen molar-refractivity contribution in [3.63, 3.8) is 0 Å². The van der Waals surface area contributed by atoms with E-state index in [2.05, 4.69) is 4.74 Å². The number of aryl methyl sites for hydroxylation is 1. The van der Waals surface area contributed by atoms with E-state index in [1.165, 1.54) is 13.2 Å². The molecule has 0 aromatic carbocycles. The molecule has 1 heterocycles. The Morgan fingerprint density at radius 1 is 1.60 bits per heavy atom. The highest BCUT2D eigenvalue weighted by Crippen LogP contribution is 1.99. The van der Waals surface area contributed by atoms with Gasteiger partial charge < -0.3 is 15.0 Å². The van der Waals surface area contributed by atoms with Gasteiger partial charge in [0.1, 0.15) is 0 Å². The third kappa shape index (κ3) is 3.46. The summed E-state index contributed by atoms with van der Waals surface area (Å²) >= 11 is 0. The van der Waals surface area contributed by atoms with Gasteiger partial charge in [-0.1, -0.05) is 0 Å². The number of pyridine rings is 1. The molecule has 0 saturated carbocycles. The largest absolute Gasteiger partial charge is 0.469 e. The van der Waals surface area contributed by atoms with Crippen molar-refractivity contribution in [1.29, 1.82) is 0 Å². The topological polar surface area (TPSA) is 74.3 Å². The van der Waals surface area contributed by atoms with Gasteiger partial charge in [0.05, 0.1) is 12.8 Å². The van der Waals surface area contributed by atoms with Crippen LogP contribution in [0.5, 0.6) is 0 Å². The lowest BCUT2D eigenvalue weighted by Gasteiger charge is -2.05. The number of anilines is 1. The molecule has 0 aliphatic heterocycles. The molecule has 0 spiro atoms. The molecule has 0 unspecified atom stereocenters. The van der Waals surface area contributed by atoms with Crippen molar-refractivity contribution < 1.29 is 9.53 Å². The number of esters is 1. The number of carbonyl (C=O) groups excluding carboxylic acids is 1. The zero-order valence-corrected chi connectivity index (χ0v) is 8.60. The van der Waals surface area contributed by atoms with Gasteiger partial charge in [-0.05, 0) is 6.42 Å². The number of methoxy groups -OCH3 is 1. The first-order valence-corrected chi connectivity index (χ1v) is 4.66. The van der Waals surface area contributed by atoms with Crippen molar-refractivity contribution in [2.75, 3.05) is 12.8 Å². The molecule has 5 nitrogen and oxygen atoms in total.